The van der Waals surface area contributed by atoms with Gasteiger partial charge in [0.1, 0.15) is 6.54 Å². The number of hydrogen-bond donors (Lipinski definition) is 0. The van der Waals surface area contributed by atoms with Crippen molar-refractivity contribution in [2.45, 2.75) is 6.54 Å². The number of rotatable bonds is 2. The highest BCUT2D eigenvalue weighted by Crippen LogP contribution is 2.10. The van der Waals surface area contributed by atoms with Crippen molar-refractivity contribution < 1.29 is 16.4 Å². The summed E-state index contributed by atoms with van der Waals surface area (Å²) in [6, 6.07) is 10.2. The summed E-state index contributed by atoms with van der Waals surface area (Å²) in [5.41, 5.74) is 1.27. The van der Waals surface area contributed by atoms with Crippen LogP contribution in [-0.2, 0) is 6.54 Å². The summed E-state index contributed by atoms with van der Waals surface area (Å²) >= 11 is 6.01. The topological polar surface area (TPSA) is 0 Å². The Morgan fingerprint density at radius 1 is 1.17 bits per heavy atom. The summed E-state index contributed by atoms with van der Waals surface area (Å²) in [6.07, 6.45) is 0. The lowest BCUT2D eigenvalue weighted by Gasteiger charge is -2.17. The zero-order chi connectivity index (χ0) is 8.32. The van der Waals surface area contributed by atoms with Gasteiger partial charge in [0.05, 0.1) is 14.1 Å². The van der Waals surface area contributed by atoms with Crippen molar-refractivity contribution in [1.82, 2.24) is 0 Å². The molecule has 1 rings (SSSR count). The first-order valence-corrected chi connectivity index (χ1v) is 3.98. The van der Waals surface area contributed by atoms with Gasteiger partial charge in [0.2, 0.25) is 0 Å². The SMILES string of the molecule is C[N+](C)(Cl)Cc1ccccc1.[Cl-]. The van der Waals surface area contributed by atoms with E-state index in [1.165, 1.54) is 5.56 Å². The van der Waals surface area contributed by atoms with E-state index in [4.69, 9.17) is 11.8 Å². The van der Waals surface area contributed by atoms with Crippen LogP contribution in [0.5, 0.6) is 0 Å². The van der Waals surface area contributed by atoms with Crippen molar-refractivity contribution >= 4 is 11.8 Å². The van der Waals surface area contributed by atoms with Gasteiger partial charge in [-0.15, -0.1) is 0 Å². The van der Waals surface area contributed by atoms with Crippen LogP contribution in [0.3, 0.4) is 0 Å². The molecule has 0 aliphatic heterocycles. The first kappa shape index (κ1) is 11.8. The summed E-state index contributed by atoms with van der Waals surface area (Å²) in [5, 5.41) is 0. The Morgan fingerprint density at radius 2 is 1.67 bits per heavy atom. The number of hydrogen-bond acceptors (Lipinski definition) is 0. The van der Waals surface area contributed by atoms with E-state index in [0.717, 1.165) is 6.54 Å². The van der Waals surface area contributed by atoms with Crippen LogP contribution in [-0.4, -0.2) is 18.1 Å². The van der Waals surface area contributed by atoms with E-state index in [1.807, 2.05) is 32.3 Å². The van der Waals surface area contributed by atoms with Crippen molar-refractivity contribution in [2.75, 3.05) is 14.1 Å². The molecule has 12 heavy (non-hydrogen) atoms. The molecular formula is C9H13Cl2N. The van der Waals surface area contributed by atoms with Crippen molar-refractivity contribution in [2.24, 2.45) is 0 Å². The molecule has 0 heterocycles. The molecule has 0 aliphatic carbocycles. The second kappa shape index (κ2) is 4.70. The van der Waals surface area contributed by atoms with Gasteiger partial charge in [0.25, 0.3) is 0 Å². The predicted octanol–water partition coefficient (Wildman–Crippen LogP) is -0.579. The van der Waals surface area contributed by atoms with E-state index < -0.39 is 0 Å². The van der Waals surface area contributed by atoms with Crippen LogP contribution in [0.2, 0.25) is 0 Å². The third-order valence-corrected chi connectivity index (χ3v) is 1.52. The van der Waals surface area contributed by atoms with Crippen molar-refractivity contribution in [3.05, 3.63) is 35.9 Å². The number of halogens is 2. The molecule has 0 unspecified atom stereocenters. The summed E-state index contributed by atoms with van der Waals surface area (Å²) < 4.78 is 0.462. The van der Waals surface area contributed by atoms with Gasteiger partial charge in [0, 0.05) is 5.56 Å². The standard InChI is InChI=1S/C9H13ClN.ClH/c1-11(2,10)8-9-6-4-3-5-7-9;/h3-7H,8H2,1-2H3;1H/q+1;/p-1. The molecule has 0 amide bonds. The monoisotopic (exact) mass is 205 g/mol. The maximum absolute atomic E-state index is 6.01. The second-order valence-corrected chi connectivity index (χ2v) is 4.10. The third kappa shape index (κ3) is 4.60. The zero-order valence-corrected chi connectivity index (χ0v) is 8.81. The van der Waals surface area contributed by atoms with E-state index in [0.29, 0.717) is 4.00 Å². The molecular weight excluding hydrogens is 193 g/mol. The highest BCUT2D eigenvalue weighted by atomic mass is 35.5. The molecule has 1 aromatic carbocycles. The fourth-order valence-corrected chi connectivity index (χ4v) is 1.16. The first-order chi connectivity index (χ1) is 5.08. The Balaban J connectivity index is 0.00000121. The molecule has 0 atom stereocenters. The average Bonchev–Trinajstić information content (AvgIpc) is 1.85. The van der Waals surface area contributed by atoms with E-state index in [2.05, 4.69) is 12.1 Å². The van der Waals surface area contributed by atoms with Gasteiger partial charge >= 0.3 is 0 Å². The van der Waals surface area contributed by atoms with Gasteiger partial charge < -0.3 is 12.4 Å². The largest absolute Gasteiger partial charge is 1.00 e. The molecule has 3 heteroatoms. The van der Waals surface area contributed by atoms with Crippen LogP contribution in [0.15, 0.2) is 30.3 Å². The van der Waals surface area contributed by atoms with Crippen molar-refractivity contribution in [1.29, 1.82) is 0 Å². The minimum absolute atomic E-state index is 0. The predicted molar refractivity (Wildman–Crippen MR) is 48.1 cm³/mol. The Hall–Kier alpha value is -0.240. The lowest BCUT2D eigenvalue weighted by molar-refractivity contribution is -0.786. The Bertz CT molecular complexity index is 216. The highest BCUT2D eigenvalue weighted by Gasteiger charge is 2.11. The second-order valence-electron chi connectivity index (χ2n) is 3.18. The molecule has 1 aromatic rings. The summed E-state index contributed by atoms with van der Waals surface area (Å²) in [5.74, 6) is 0. The summed E-state index contributed by atoms with van der Waals surface area (Å²) in [6.45, 7) is 0.863. The molecule has 0 radical (unpaired) electrons. The van der Waals surface area contributed by atoms with Crippen LogP contribution in [0.4, 0.5) is 0 Å². The molecule has 0 spiro atoms. The Morgan fingerprint density at radius 3 is 2.08 bits per heavy atom. The average molecular weight is 206 g/mol. The Kier molecular flexibility index (Phi) is 4.61. The minimum atomic E-state index is 0. The van der Waals surface area contributed by atoms with E-state index in [9.17, 15) is 0 Å². The van der Waals surface area contributed by atoms with E-state index in [-0.39, 0.29) is 12.4 Å². The van der Waals surface area contributed by atoms with Gasteiger partial charge in [-0.05, 0) is 0 Å². The highest BCUT2D eigenvalue weighted by molar-refractivity contribution is 6.06. The smallest absolute Gasteiger partial charge is 0.165 e. The summed E-state index contributed by atoms with van der Waals surface area (Å²) in [7, 11) is 3.93. The lowest BCUT2D eigenvalue weighted by atomic mass is 10.2. The maximum Gasteiger partial charge on any atom is 0.165 e. The molecule has 0 N–H and O–H groups in total. The van der Waals surface area contributed by atoms with Crippen LogP contribution < -0.4 is 12.4 Å². The molecule has 0 bridgehead atoms. The van der Waals surface area contributed by atoms with Crippen LogP contribution >= 0.6 is 11.8 Å². The number of benzene rings is 1. The molecule has 1 nitrogen and oxygen atoms in total. The Labute approximate surface area is 85.1 Å². The molecule has 68 valence electrons. The molecule has 0 saturated carbocycles. The molecule has 0 aliphatic rings. The lowest BCUT2D eigenvalue weighted by Crippen LogP contribution is -3.00. The van der Waals surface area contributed by atoms with Gasteiger partial charge in [-0.3, -0.25) is 0 Å². The molecule has 0 fully saturated rings. The minimum Gasteiger partial charge on any atom is -1.00 e. The van der Waals surface area contributed by atoms with Crippen LogP contribution in [0.1, 0.15) is 5.56 Å². The number of quaternary nitrogens is 1. The zero-order valence-electron chi connectivity index (χ0n) is 7.30. The summed E-state index contributed by atoms with van der Waals surface area (Å²) in [4.78, 5) is 0. The van der Waals surface area contributed by atoms with Gasteiger partial charge in [0.15, 0.2) is 11.8 Å². The molecule has 0 aromatic heterocycles. The van der Waals surface area contributed by atoms with Gasteiger partial charge in [-0.2, -0.15) is 0 Å². The normalized spacial score (nSPS) is 10.6. The van der Waals surface area contributed by atoms with E-state index in [1.54, 1.807) is 0 Å². The van der Waals surface area contributed by atoms with Crippen molar-refractivity contribution in [3.63, 3.8) is 0 Å². The van der Waals surface area contributed by atoms with E-state index >= 15 is 0 Å². The third-order valence-electron chi connectivity index (χ3n) is 1.40. The fourth-order valence-electron chi connectivity index (χ4n) is 1.02. The fraction of sp³-hybridized carbons (Fsp3) is 0.333. The molecule has 0 saturated heterocycles. The van der Waals surface area contributed by atoms with Crippen LogP contribution in [0.25, 0.3) is 0 Å². The number of nitrogens with zero attached hydrogens (tertiary/aromatic N) is 1. The first-order valence-electron chi connectivity index (χ1n) is 3.64. The van der Waals surface area contributed by atoms with Gasteiger partial charge in [-0.25, -0.2) is 4.00 Å². The van der Waals surface area contributed by atoms with Crippen molar-refractivity contribution in [3.8, 4) is 0 Å². The maximum atomic E-state index is 6.01. The van der Waals surface area contributed by atoms with Crippen LogP contribution in [0, 0.1) is 0 Å². The quantitative estimate of drug-likeness (QED) is 0.568. The van der Waals surface area contributed by atoms with Gasteiger partial charge in [-0.1, -0.05) is 30.3 Å².